The fourth-order valence-electron chi connectivity index (χ4n) is 2.71. The van der Waals surface area contributed by atoms with Gasteiger partial charge in [-0.1, -0.05) is 19.4 Å². The van der Waals surface area contributed by atoms with E-state index in [-0.39, 0.29) is 0 Å². The molecule has 19 heavy (non-hydrogen) atoms. The van der Waals surface area contributed by atoms with Crippen molar-refractivity contribution in [1.82, 2.24) is 4.31 Å². The molecule has 5 heteroatoms. The highest BCUT2D eigenvalue weighted by atomic mass is 32.2. The Morgan fingerprint density at radius 1 is 1.42 bits per heavy atom. The van der Waals surface area contributed by atoms with Crippen LogP contribution in [0.15, 0.2) is 23.1 Å². The Hall–Kier alpha value is -1.07. The summed E-state index contributed by atoms with van der Waals surface area (Å²) in [6.07, 6.45) is 3.17. The van der Waals surface area contributed by atoms with E-state index in [0.717, 1.165) is 19.3 Å². The Bertz CT molecular complexity index is 555. The maximum Gasteiger partial charge on any atom is 0.243 e. The lowest BCUT2D eigenvalue weighted by Gasteiger charge is -2.18. The lowest BCUT2D eigenvalue weighted by atomic mass is 10.0. The molecule has 1 aromatic rings. The molecular formula is C14H22N2O2S. The molecule has 1 fully saturated rings. The molecule has 1 aliphatic heterocycles. The Balaban J connectivity index is 2.26. The van der Waals surface area contributed by atoms with Crippen LogP contribution in [0.3, 0.4) is 0 Å². The molecule has 0 spiro atoms. The molecular weight excluding hydrogens is 260 g/mol. The van der Waals surface area contributed by atoms with Gasteiger partial charge in [0.05, 0.1) is 4.90 Å². The second-order valence-electron chi connectivity index (χ2n) is 5.28. The minimum absolute atomic E-state index is 0.352. The molecule has 0 aromatic heterocycles. The van der Waals surface area contributed by atoms with Gasteiger partial charge in [0.25, 0.3) is 0 Å². The normalized spacial score (nSPS) is 20.8. The average molecular weight is 282 g/mol. The van der Waals surface area contributed by atoms with Crippen LogP contribution in [0.5, 0.6) is 0 Å². The summed E-state index contributed by atoms with van der Waals surface area (Å²) < 4.78 is 26.9. The first kappa shape index (κ1) is 14.3. The van der Waals surface area contributed by atoms with Crippen LogP contribution in [0.1, 0.15) is 31.7 Å². The van der Waals surface area contributed by atoms with Crippen LogP contribution in [-0.2, 0) is 10.0 Å². The molecule has 4 nitrogen and oxygen atoms in total. The van der Waals surface area contributed by atoms with Gasteiger partial charge in [-0.15, -0.1) is 0 Å². The maximum atomic E-state index is 12.6. The van der Waals surface area contributed by atoms with Gasteiger partial charge in [0, 0.05) is 18.8 Å². The highest BCUT2D eigenvalue weighted by molar-refractivity contribution is 7.89. The third-order valence-electron chi connectivity index (χ3n) is 3.89. The number of nitrogens with zero attached hydrogens (tertiary/aromatic N) is 1. The van der Waals surface area contributed by atoms with Crippen LogP contribution >= 0.6 is 0 Å². The average Bonchev–Trinajstić information content (AvgIpc) is 2.82. The van der Waals surface area contributed by atoms with E-state index in [0.29, 0.717) is 35.2 Å². The van der Waals surface area contributed by atoms with Gasteiger partial charge in [-0.25, -0.2) is 8.42 Å². The molecule has 0 radical (unpaired) electrons. The Morgan fingerprint density at radius 2 is 2.16 bits per heavy atom. The molecule has 0 saturated carbocycles. The van der Waals surface area contributed by atoms with Crippen LogP contribution in [-0.4, -0.2) is 25.8 Å². The second kappa shape index (κ2) is 5.51. The Morgan fingerprint density at radius 3 is 2.84 bits per heavy atom. The number of nitrogen functional groups attached to an aromatic ring is 1. The number of hydrogen-bond acceptors (Lipinski definition) is 3. The third kappa shape index (κ3) is 2.77. The standard InChI is InChI=1S/C14H22N2O2S/c1-3-5-12-8-9-16(10-12)19(17,18)14-7-4-6-13(15)11(14)2/h4,6-7,12H,3,5,8-10,15H2,1-2H3. The monoisotopic (exact) mass is 282 g/mol. The van der Waals surface area contributed by atoms with Gasteiger partial charge in [-0.3, -0.25) is 0 Å². The molecule has 1 unspecified atom stereocenters. The molecule has 2 N–H and O–H groups in total. The number of hydrogen-bond donors (Lipinski definition) is 1. The van der Waals surface area contributed by atoms with E-state index in [1.807, 2.05) is 0 Å². The maximum absolute atomic E-state index is 12.6. The zero-order valence-electron chi connectivity index (χ0n) is 11.6. The summed E-state index contributed by atoms with van der Waals surface area (Å²) in [4.78, 5) is 0.352. The summed E-state index contributed by atoms with van der Waals surface area (Å²) in [5.74, 6) is 0.501. The van der Waals surface area contributed by atoms with Crippen molar-refractivity contribution in [2.24, 2.45) is 5.92 Å². The number of nitrogens with two attached hydrogens (primary N) is 1. The van der Waals surface area contributed by atoms with Crippen molar-refractivity contribution >= 4 is 15.7 Å². The van der Waals surface area contributed by atoms with Gasteiger partial charge in [0.2, 0.25) is 10.0 Å². The van der Waals surface area contributed by atoms with E-state index < -0.39 is 10.0 Å². The second-order valence-corrected chi connectivity index (χ2v) is 7.18. The highest BCUT2D eigenvalue weighted by Gasteiger charge is 2.33. The highest BCUT2D eigenvalue weighted by Crippen LogP contribution is 2.29. The molecule has 1 saturated heterocycles. The van der Waals surface area contributed by atoms with Crippen LogP contribution in [0, 0.1) is 12.8 Å². The topological polar surface area (TPSA) is 63.4 Å². The lowest BCUT2D eigenvalue weighted by Crippen LogP contribution is -2.29. The van der Waals surface area contributed by atoms with Crippen LogP contribution in [0.4, 0.5) is 5.69 Å². The molecule has 0 amide bonds. The van der Waals surface area contributed by atoms with Crippen molar-refractivity contribution in [3.63, 3.8) is 0 Å². The predicted octanol–water partition coefficient (Wildman–Crippen LogP) is 2.39. The predicted molar refractivity (Wildman–Crippen MR) is 77.4 cm³/mol. The van der Waals surface area contributed by atoms with Crippen LogP contribution in [0.2, 0.25) is 0 Å². The summed E-state index contributed by atoms with van der Waals surface area (Å²) >= 11 is 0. The third-order valence-corrected chi connectivity index (χ3v) is 5.90. The van der Waals surface area contributed by atoms with E-state index >= 15 is 0 Å². The minimum atomic E-state index is -3.39. The number of benzene rings is 1. The van der Waals surface area contributed by atoms with E-state index in [1.54, 1.807) is 29.4 Å². The number of rotatable bonds is 4. The van der Waals surface area contributed by atoms with Gasteiger partial charge in [0.15, 0.2) is 0 Å². The molecule has 1 heterocycles. The Kier molecular flexibility index (Phi) is 4.16. The fourth-order valence-corrected chi connectivity index (χ4v) is 4.50. The van der Waals surface area contributed by atoms with Crippen LogP contribution in [0.25, 0.3) is 0 Å². The zero-order valence-corrected chi connectivity index (χ0v) is 12.4. The largest absolute Gasteiger partial charge is 0.398 e. The number of anilines is 1. The van der Waals surface area contributed by atoms with Crippen LogP contribution < -0.4 is 5.73 Å². The molecule has 2 rings (SSSR count). The summed E-state index contributed by atoms with van der Waals surface area (Å²) in [5, 5.41) is 0. The Labute approximate surface area is 115 Å². The quantitative estimate of drug-likeness (QED) is 0.862. The van der Waals surface area contributed by atoms with Gasteiger partial charge in [0.1, 0.15) is 0 Å². The van der Waals surface area contributed by atoms with Crippen molar-refractivity contribution in [2.75, 3.05) is 18.8 Å². The van der Waals surface area contributed by atoms with E-state index in [9.17, 15) is 8.42 Å². The number of sulfonamides is 1. The molecule has 1 aromatic carbocycles. The summed E-state index contributed by atoms with van der Waals surface area (Å²) in [6.45, 7) is 5.17. The van der Waals surface area contributed by atoms with Crippen molar-refractivity contribution in [3.8, 4) is 0 Å². The van der Waals surface area contributed by atoms with Crippen molar-refractivity contribution in [3.05, 3.63) is 23.8 Å². The molecule has 0 bridgehead atoms. The molecule has 1 atom stereocenters. The van der Waals surface area contributed by atoms with E-state index in [4.69, 9.17) is 5.73 Å². The van der Waals surface area contributed by atoms with Gasteiger partial charge >= 0.3 is 0 Å². The first-order valence-corrected chi connectivity index (χ1v) is 8.26. The SMILES string of the molecule is CCCC1CCN(S(=O)(=O)c2cccc(N)c2C)C1. The van der Waals surface area contributed by atoms with Crippen molar-refractivity contribution < 1.29 is 8.42 Å². The summed E-state index contributed by atoms with van der Waals surface area (Å²) in [5.41, 5.74) is 6.99. The fraction of sp³-hybridized carbons (Fsp3) is 0.571. The van der Waals surface area contributed by atoms with Crippen molar-refractivity contribution in [1.29, 1.82) is 0 Å². The summed E-state index contributed by atoms with van der Waals surface area (Å²) in [6, 6.07) is 5.08. The van der Waals surface area contributed by atoms with Gasteiger partial charge in [-0.05, 0) is 43.4 Å². The smallest absolute Gasteiger partial charge is 0.243 e. The molecule has 0 aliphatic carbocycles. The van der Waals surface area contributed by atoms with Crippen molar-refractivity contribution in [2.45, 2.75) is 38.0 Å². The molecule has 1 aliphatic rings. The van der Waals surface area contributed by atoms with Gasteiger partial charge < -0.3 is 5.73 Å². The first-order valence-electron chi connectivity index (χ1n) is 6.82. The van der Waals surface area contributed by atoms with E-state index in [2.05, 4.69) is 6.92 Å². The minimum Gasteiger partial charge on any atom is -0.398 e. The molecule has 106 valence electrons. The summed E-state index contributed by atoms with van der Waals surface area (Å²) in [7, 11) is -3.39. The van der Waals surface area contributed by atoms with Gasteiger partial charge in [-0.2, -0.15) is 4.31 Å². The van der Waals surface area contributed by atoms with E-state index in [1.165, 1.54) is 0 Å². The lowest BCUT2D eigenvalue weighted by molar-refractivity contribution is 0.444. The first-order chi connectivity index (χ1) is 8.96. The zero-order chi connectivity index (χ0) is 14.0.